The number of rotatable bonds is 6. The number of hydrogen-bond acceptors (Lipinski definition) is 7. The summed E-state index contributed by atoms with van der Waals surface area (Å²) >= 11 is 0. The molecule has 2 aromatic carbocycles. The number of nitrogens with zero attached hydrogens (tertiary/aromatic N) is 2. The first kappa shape index (κ1) is 21.3. The molecule has 1 unspecified atom stereocenters. The van der Waals surface area contributed by atoms with Gasteiger partial charge in [0.15, 0.2) is 5.03 Å². The van der Waals surface area contributed by atoms with E-state index >= 15 is 0 Å². The molecule has 4 aromatic rings. The van der Waals surface area contributed by atoms with Crippen molar-refractivity contribution in [2.24, 2.45) is 0 Å². The van der Waals surface area contributed by atoms with Crippen molar-refractivity contribution >= 4 is 38.3 Å². The minimum absolute atomic E-state index is 0.0352. The Balaban J connectivity index is 1.61. The minimum Gasteiger partial charge on any atom is -0.384 e. The van der Waals surface area contributed by atoms with Crippen molar-refractivity contribution in [3.63, 3.8) is 0 Å². The Hall–Kier alpha value is -3.98. The molecule has 9 heteroatoms. The molecule has 0 aliphatic rings. The van der Waals surface area contributed by atoms with Crippen molar-refractivity contribution in [3.8, 4) is 0 Å². The molecule has 162 valence electrons. The van der Waals surface area contributed by atoms with E-state index in [1.807, 2.05) is 54.1 Å². The molecule has 0 aliphatic carbocycles. The number of nitrogens with two attached hydrogens (primary N) is 1. The van der Waals surface area contributed by atoms with E-state index in [0.29, 0.717) is 0 Å². The van der Waals surface area contributed by atoms with Crippen molar-refractivity contribution < 1.29 is 13.2 Å². The van der Waals surface area contributed by atoms with E-state index < -0.39 is 15.9 Å². The number of fused-ring (bicyclic) bond motifs is 1. The fourth-order valence-corrected chi connectivity index (χ4v) is 4.37. The van der Waals surface area contributed by atoms with Crippen LogP contribution in [-0.4, -0.2) is 24.3 Å². The van der Waals surface area contributed by atoms with Gasteiger partial charge < -0.3 is 11.1 Å². The Morgan fingerprint density at radius 1 is 0.969 bits per heavy atom. The summed E-state index contributed by atoms with van der Waals surface area (Å²) in [4.78, 5) is 20.9. The van der Waals surface area contributed by atoms with Crippen molar-refractivity contribution in [2.75, 3.05) is 11.1 Å². The second-order valence-electron chi connectivity index (χ2n) is 7.17. The summed E-state index contributed by atoms with van der Waals surface area (Å²) in [7, 11) is -4.20. The fraction of sp³-hybridized carbons (Fsp3) is 0.0870. The largest absolute Gasteiger partial charge is 0.384 e. The van der Waals surface area contributed by atoms with Gasteiger partial charge in [0.1, 0.15) is 11.6 Å². The lowest BCUT2D eigenvalue weighted by atomic mass is 9.99. The fourth-order valence-electron chi connectivity index (χ4n) is 3.42. The van der Waals surface area contributed by atoms with E-state index in [1.54, 1.807) is 6.07 Å². The van der Waals surface area contributed by atoms with E-state index in [4.69, 9.17) is 5.73 Å². The third-order valence-corrected chi connectivity index (χ3v) is 6.18. The lowest BCUT2D eigenvalue weighted by Crippen LogP contribution is -2.32. The van der Waals surface area contributed by atoms with Gasteiger partial charge in [0.25, 0.3) is 15.9 Å². The van der Waals surface area contributed by atoms with Gasteiger partial charge in [-0.05, 0) is 47.5 Å². The van der Waals surface area contributed by atoms with Crippen molar-refractivity contribution in [3.05, 3.63) is 90.1 Å². The van der Waals surface area contributed by atoms with Crippen LogP contribution in [0.3, 0.4) is 0 Å². The average molecular weight is 448 g/mol. The Bertz CT molecular complexity index is 1400. The molecule has 8 nitrogen and oxygen atoms in total. The SMILES string of the molecule is CC(Nc1ncccc1C(=O)NS(=O)(=O)c1cccc(N)n1)c1cccc2ccccc12. The van der Waals surface area contributed by atoms with Crippen LogP contribution in [0.25, 0.3) is 10.8 Å². The van der Waals surface area contributed by atoms with E-state index in [2.05, 4.69) is 15.3 Å². The number of hydrogen-bond donors (Lipinski definition) is 3. The summed E-state index contributed by atoms with van der Waals surface area (Å²) in [6.07, 6.45) is 1.53. The summed E-state index contributed by atoms with van der Waals surface area (Å²) in [5.41, 5.74) is 6.68. The number of aromatic nitrogens is 2. The van der Waals surface area contributed by atoms with Gasteiger partial charge in [0, 0.05) is 6.20 Å². The van der Waals surface area contributed by atoms with Gasteiger partial charge in [0.05, 0.1) is 11.6 Å². The first-order valence-electron chi connectivity index (χ1n) is 9.84. The van der Waals surface area contributed by atoms with Gasteiger partial charge in [-0.15, -0.1) is 0 Å². The standard InChI is InChI=1S/C23H21N5O3S/c1-15(17-10-4-8-16-7-2-3-9-18(16)17)26-22-19(11-6-14-25-22)23(29)28-32(30,31)21-13-5-12-20(24)27-21/h2-15H,1H3,(H2,24,27)(H,25,26)(H,28,29). The monoisotopic (exact) mass is 447 g/mol. The third kappa shape index (κ3) is 4.37. The maximum absolute atomic E-state index is 12.8. The highest BCUT2D eigenvalue weighted by atomic mass is 32.2. The van der Waals surface area contributed by atoms with Crippen LogP contribution in [0, 0.1) is 0 Å². The van der Waals surface area contributed by atoms with E-state index in [9.17, 15) is 13.2 Å². The zero-order valence-electron chi connectivity index (χ0n) is 17.2. The lowest BCUT2D eigenvalue weighted by Gasteiger charge is -2.19. The van der Waals surface area contributed by atoms with Crippen LogP contribution in [-0.2, 0) is 10.0 Å². The number of sulfonamides is 1. The number of benzene rings is 2. The first-order valence-corrected chi connectivity index (χ1v) is 11.3. The van der Waals surface area contributed by atoms with Gasteiger partial charge >= 0.3 is 0 Å². The third-order valence-electron chi connectivity index (χ3n) is 4.94. The van der Waals surface area contributed by atoms with E-state index in [1.165, 1.54) is 30.5 Å². The topological polar surface area (TPSA) is 127 Å². The highest BCUT2D eigenvalue weighted by Crippen LogP contribution is 2.27. The number of nitrogen functional groups attached to an aromatic ring is 1. The molecule has 2 aromatic heterocycles. The Morgan fingerprint density at radius 3 is 2.53 bits per heavy atom. The van der Waals surface area contributed by atoms with Crippen LogP contribution in [0.4, 0.5) is 11.6 Å². The van der Waals surface area contributed by atoms with Gasteiger partial charge in [-0.25, -0.2) is 14.7 Å². The predicted molar refractivity (Wildman–Crippen MR) is 124 cm³/mol. The molecule has 0 spiro atoms. The molecule has 2 heterocycles. The quantitative estimate of drug-likeness (QED) is 0.413. The van der Waals surface area contributed by atoms with Crippen molar-refractivity contribution in [1.29, 1.82) is 0 Å². The summed E-state index contributed by atoms with van der Waals surface area (Å²) < 4.78 is 27.2. The summed E-state index contributed by atoms with van der Waals surface area (Å²) in [5, 5.41) is 5.06. The lowest BCUT2D eigenvalue weighted by molar-refractivity contribution is 0.0981. The summed E-state index contributed by atoms with van der Waals surface area (Å²) in [6, 6.07) is 21.0. The Labute approximate surface area is 185 Å². The number of pyridine rings is 2. The number of amides is 1. The van der Waals surface area contributed by atoms with Crippen LogP contribution < -0.4 is 15.8 Å². The molecule has 0 fully saturated rings. The van der Waals surface area contributed by atoms with Gasteiger partial charge in [-0.3, -0.25) is 4.79 Å². The van der Waals surface area contributed by atoms with Gasteiger partial charge in [-0.2, -0.15) is 8.42 Å². The maximum atomic E-state index is 12.8. The highest BCUT2D eigenvalue weighted by molar-refractivity contribution is 7.90. The van der Waals surface area contributed by atoms with Crippen LogP contribution in [0.5, 0.6) is 0 Å². The van der Waals surface area contributed by atoms with Crippen LogP contribution in [0.2, 0.25) is 0 Å². The maximum Gasteiger partial charge on any atom is 0.281 e. The smallest absolute Gasteiger partial charge is 0.281 e. The highest BCUT2D eigenvalue weighted by Gasteiger charge is 2.23. The van der Waals surface area contributed by atoms with Crippen molar-refractivity contribution in [2.45, 2.75) is 18.0 Å². The van der Waals surface area contributed by atoms with Crippen molar-refractivity contribution in [1.82, 2.24) is 14.7 Å². The van der Waals surface area contributed by atoms with Crippen LogP contribution >= 0.6 is 0 Å². The molecular weight excluding hydrogens is 426 g/mol. The van der Waals surface area contributed by atoms with Crippen LogP contribution in [0.15, 0.2) is 84.0 Å². The molecule has 0 radical (unpaired) electrons. The second-order valence-corrected chi connectivity index (χ2v) is 8.80. The molecule has 4 rings (SSSR count). The molecule has 0 aliphatic heterocycles. The molecule has 0 saturated heterocycles. The zero-order chi connectivity index (χ0) is 22.7. The average Bonchev–Trinajstić information content (AvgIpc) is 2.78. The summed E-state index contributed by atoms with van der Waals surface area (Å²) in [5.74, 6) is -0.524. The second kappa shape index (κ2) is 8.64. The number of nitrogens with one attached hydrogen (secondary N) is 2. The molecule has 1 amide bonds. The number of anilines is 2. The van der Waals surface area contributed by atoms with Gasteiger partial charge in [0.2, 0.25) is 0 Å². The molecule has 0 bridgehead atoms. The predicted octanol–water partition coefficient (Wildman–Crippen LogP) is 3.50. The minimum atomic E-state index is -4.20. The molecule has 0 saturated carbocycles. The number of carbonyl (C=O) groups is 1. The molecule has 1 atom stereocenters. The summed E-state index contributed by atoms with van der Waals surface area (Å²) in [6.45, 7) is 1.95. The van der Waals surface area contributed by atoms with E-state index in [-0.39, 0.29) is 28.3 Å². The Morgan fingerprint density at radius 2 is 1.72 bits per heavy atom. The number of carbonyl (C=O) groups excluding carboxylic acids is 1. The van der Waals surface area contributed by atoms with Crippen LogP contribution in [0.1, 0.15) is 28.9 Å². The molecule has 4 N–H and O–H groups in total. The van der Waals surface area contributed by atoms with E-state index in [0.717, 1.165) is 16.3 Å². The Kier molecular flexibility index (Phi) is 5.74. The molecular formula is C23H21N5O3S. The first-order chi connectivity index (χ1) is 15.3. The normalized spacial score (nSPS) is 12.3. The zero-order valence-corrected chi connectivity index (χ0v) is 18.0. The molecule has 32 heavy (non-hydrogen) atoms. The van der Waals surface area contributed by atoms with Gasteiger partial charge in [-0.1, -0.05) is 48.5 Å².